The third-order valence-corrected chi connectivity index (χ3v) is 3.27. The van der Waals surface area contributed by atoms with Crippen LogP contribution in [-0.2, 0) is 6.54 Å². The van der Waals surface area contributed by atoms with E-state index in [1.807, 2.05) is 12.1 Å². The van der Waals surface area contributed by atoms with Crippen molar-refractivity contribution in [1.29, 1.82) is 0 Å². The lowest BCUT2D eigenvalue weighted by Crippen LogP contribution is -2.01. The molecule has 0 aliphatic carbocycles. The number of aryl methyl sites for hydroxylation is 1. The maximum atomic E-state index is 13.2. The molecule has 0 bridgehead atoms. The summed E-state index contributed by atoms with van der Waals surface area (Å²) in [5.41, 5.74) is 4.21. The van der Waals surface area contributed by atoms with Crippen LogP contribution >= 0.6 is 0 Å². The first-order valence-electron chi connectivity index (χ1n) is 6.65. The van der Waals surface area contributed by atoms with Gasteiger partial charge in [-0.2, -0.15) is 0 Å². The second-order valence-electron chi connectivity index (χ2n) is 5.22. The van der Waals surface area contributed by atoms with E-state index < -0.39 is 0 Å². The Kier molecular flexibility index (Phi) is 4.20. The summed E-state index contributed by atoms with van der Waals surface area (Å²) in [6.07, 6.45) is 0. The Morgan fingerprint density at radius 3 is 2.58 bits per heavy atom. The molecule has 0 aliphatic rings. The fraction of sp³-hybridized carbons (Fsp3) is 0.294. The van der Waals surface area contributed by atoms with E-state index in [1.165, 1.54) is 11.6 Å². The Morgan fingerprint density at radius 2 is 1.89 bits per heavy atom. The number of anilines is 1. The average Bonchev–Trinajstić information content (AvgIpc) is 2.40. The molecule has 0 radical (unpaired) electrons. The predicted octanol–water partition coefficient (Wildman–Crippen LogP) is 4.87. The zero-order valence-corrected chi connectivity index (χ0v) is 11.7. The molecule has 0 fully saturated rings. The predicted molar refractivity (Wildman–Crippen MR) is 79.0 cm³/mol. The standard InChI is InChI=1S/C17H20FN/c1-12(2)15-5-4-6-16(10-15)19-11-14-7-8-17(18)13(3)9-14/h4-10,12,19H,11H2,1-3H3. The molecule has 0 saturated carbocycles. The molecule has 0 atom stereocenters. The van der Waals surface area contributed by atoms with Crippen molar-refractivity contribution in [3.05, 3.63) is 65.0 Å². The second-order valence-corrected chi connectivity index (χ2v) is 5.22. The van der Waals surface area contributed by atoms with E-state index >= 15 is 0 Å². The number of rotatable bonds is 4. The first-order valence-corrected chi connectivity index (χ1v) is 6.65. The lowest BCUT2D eigenvalue weighted by Gasteiger charge is -2.11. The molecular formula is C17H20FN. The van der Waals surface area contributed by atoms with Crippen molar-refractivity contribution in [2.24, 2.45) is 0 Å². The molecule has 1 nitrogen and oxygen atoms in total. The van der Waals surface area contributed by atoms with Gasteiger partial charge >= 0.3 is 0 Å². The summed E-state index contributed by atoms with van der Waals surface area (Å²) in [4.78, 5) is 0. The van der Waals surface area contributed by atoms with Crippen molar-refractivity contribution in [2.75, 3.05) is 5.32 Å². The first kappa shape index (κ1) is 13.6. The van der Waals surface area contributed by atoms with Crippen LogP contribution in [0.3, 0.4) is 0 Å². The van der Waals surface area contributed by atoms with Crippen molar-refractivity contribution >= 4 is 5.69 Å². The molecule has 2 aromatic rings. The topological polar surface area (TPSA) is 12.0 Å². The van der Waals surface area contributed by atoms with E-state index in [0.717, 1.165) is 11.3 Å². The highest BCUT2D eigenvalue weighted by Crippen LogP contribution is 2.19. The van der Waals surface area contributed by atoms with Gasteiger partial charge in [0.2, 0.25) is 0 Å². The summed E-state index contributed by atoms with van der Waals surface area (Å²) in [5, 5.41) is 3.38. The van der Waals surface area contributed by atoms with Gasteiger partial charge in [0.25, 0.3) is 0 Å². The van der Waals surface area contributed by atoms with Crippen LogP contribution in [0.1, 0.15) is 36.5 Å². The largest absolute Gasteiger partial charge is 0.381 e. The van der Waals surface area contributed by atoms with Gasteiger partial charge in [-0.1, -0.05) is 38.1 Å². The molecule has 2 heteroatoms. The zero-order chi connectivity index (χ0) is 13.8. The van der Waals surface area contributed by atoms with Crippen molar-refractivity contribution in [3.63, 3.8) is 0 Å². The van der Waals surface area contributed by atoms with Crippen molar-refractivity contribution in [3.8, 4) is 0 Å². The van der Waals surface area contributed by atoms with Crippen LogP contribution in [0.2, 0.25) is 0 Å². The number of hydrogen-bond donors (Lipinski definition) is 1. The molecule has 0 heterocycles. The first-order chi connectivity index (χ1) is 9.06. The Balaban J connectivity index is 2.05. The molecule has 2 rings (SSSR count). The van der Waals surface area contributed by atoms with Gasteiger partial charge in [0.05, 0.1) is 0 Å². The number of hydrogen-bond acceptors (Lipinski definition) is 1. The number of benzene rings is 2. The zero-order valence-electron chi connectivity index (χ0n) is 11.7. The molecule has 19 heavy (non-hydrogen) atoms. The Morgan fingerprint density at radius 1 is 1.11 bits per heavy atom. The van der Waals surface area contributed by atoms with E-state index in [0.29, 0.717) is 18.0 Å². The Hall–Kier alpha value is -1.83. The SMILES string of the molecule is Cc1cc(CNc2cccc(C(C)C)c2)ccc1F. The van der Waals surface area contributed by atoms with Crippen molar-refractivity contribution in [1.82, 2.24) is 0 Å². The fourth-order valence-corrected chi connectivity index (χ4v) is 2.03. The quantitative estimate of drug-likeness (QED) is 0.824. The van der Waals surface area contributed by atoms with Crippen LogP contribution in [0, 0.1) is 12.7 Å². The van der Waals surface area contributed by atoms with E-state index in [4.69, 9.17) is 0 Å². The maximum Gasteiger partial charge on any atom is 0.126 e. The van der Waals surface area contributed by atoms with Crippen LogP contribution in [0.5, 0.6) is 0 Å². The third kappa shape index (κ3) is 3.57. The minimum atomic E-state index is -0.148. The molecule has 0 saturated heterocycles. The molecule has 0 aromatic heterocycles. The molecular weight excluding hydrogens is 237 g/mol. The lowest BCUT2D eigenvalue weighted by molar-refractivity contribution is 0.617. The average molecular weight is 257 g/mol. The van der Waals surface area contributed by atoms with Gasteiger partial charge in [-0.25, -0.2) is 4.39 Å². The second kappa shape index (κ2) is 5.87. The van der Waals surface area contributed by atoms with Crippen LogP contribution in [0.15, 0.2) is 42.5 Å². The van der Waals surface area contributed by atoms with E-state index in [-0.39, 0.29) is 5.82 Å². The van der Waals surface area contributed by atoms with Gasteiger partial charge in [0, 0.05) is 12.2 Å². The van der Waals surface area contributed by atoms with Gasteiger partial charge in [-0.15, -0.1) is 0 Å². The number of nitrogens with one attached hydrogen (secondary N) is 1. The van der Waals surface area contributed by atoms with Gasteiger partial charge < -0.3 is 5.32 Å². The third-order valence-electron chi connectivity index (χ3n) is 3.27. The molecule has 0 aliphatic heterocycles. The molecule has 0 amide bonds. The normalized spacial score (nSPS) is 10.8. The van der Waals surface area contributed by atoms with Gasteiger partial charge in [-0.05, 0) is 47.7 Å². The lowest BCUT2D eigenvalue weighted by atomic mass is 10.0. The highest BCUT2D eigenvalue weighted by Gasteiger charge is 2.02. The highest BCUT2D eigenvalue weighted by atomic mass is 19.1. The van der Waals surface area contributed by atoms with Crippen molar-refractivity contribution < 1.29 is 4.39 Å². The van der Waals surface area contributed by atoms with Crippen LogP contribution in [-0.4, -0.2) is 0 Å². The van der Waals surface area contributed by atoms with Crippen LogP contribution in [0.4, 0.5) is 10.1 Å². The van der Waals surface area contributed by atoms with Crippen LogP contribution in [0.25, 0.3) is 0 Å². The van der Waals surface area contributed by atoms with Crippen LogP contribution < -0.4 is 5.32 Å². The maximum absolute atomic E-state index is 13.2. The minimum absolute atomic E-state index is 0.148. The van der Waals surface area contributed by atoms with Gasteiger partial charge in [-0.3, -0.25) is 0 Å². The van der Waals surface area contributed by atoms with E-state index in [1.54, 1.807) is 6.92 Å². The summed E-state index contributed by atoms with van der Waals surface area (Å²) >= 11 is 0. The molecule has 0 spiro atoms. The minimum Gasteiger partial charge on any atom is -0.381 e. The number of halogens is 1. The van der Waals surface area contributed by atoms with Gasteiger partial charge in [0.15, 0.2) is 0 Å². The molecule has 100 valence electrons. The molecule has 2 aromatic carbocycles. The van der Waals surface area contributed by atoms with E-state index in [2.05, 4.69) is 43.4 Å². The summed E-state index contributed by atoms with van der Waals surface area (Å²) in [6.45, 7) is 6.87. The monoisotopic (exact) mass is 257 g/mol. The Labute approximate surface area is 114 Å². The molecule has 0 unspecified atom stereocenters. The fourth-order valence-electron chi connectivity index (χ4n) is 2.03. The summed E-state index contributed by atoms with van der Waals surface area (Å²) < 4.78 is 13.2. The van der Waals surface area contributed by atoms with E-state index in [9.17, 15) is 4.39 Å². The smallest absolute Gasteiger partial charge is 0.126 e. The summed E-state index contributed by atoms with van der Waals surface area (Å²) in [6, 6.07) is 13.7. The molecule has 1 N–H and O–H groups in total. The van der Waals surface area contributed by atoms with Gasteiger partial charge in [0.1, 0.15) is 5.82 Å². The Bertz CT molecular complexity index is 561. The summed E-state index contributed by atoms with van der Waals surface area (Å²) in [7, 11) is 0. The van der Waals surface area contributed by atoms with Crippen molar-refractivity contribution in [2.45, 2.75) is 33.2 Å². The highest BCUT2D eigenvalue weighted by molar-refractivity contribution is 5.47. The summed E-state index contributed by atoms with van der Waals surface area (Å²) in [5.74, 6) is 0.375.